The molecular weight excluding hydrogens is 398 g/mol. The number of hydroxylamine groups is 1. The topological polar surface area (TPSA) is 82.5 Å². The Kier molecular flexibility index (Phi) is 5.26. The van der Waals surface area contributed by atoms with Crippen LogP contribution in [-0.4, -0.2) is 28.6 Å². The number of para-hydroxylation sites is 1. The van der Waals surface area contributed by atoms with Gasteiger partial charge in [-0.15, -0.1) is 0 Å². The molecule has 0 radical (unpaired) electrons. The van der Waals surface area contributed by atoms with E-state index in [1.165, 1.54) is 0 Å². The van der Waals surface area contributed by atoms with Gasteiger partial charge in [0.1, 0.15) is 0 Å². The van der Waals surface area contributed by atoms with Crippen LogP contribution in [0.3, 0.4) is 0 Å². The number of pyridine rings is 1. The van der Waals surface area contributed by atoms with Gasteiger partial charge in [0.25, 0.3) is 5.91 Å². The maximum atomic E-state index is 13.5. The van der Waals surface area contributed by atoms with E-state index < -0.39 is 5.91 Å². The summed E-state index contributed by atoms with van der Waals surface area (Å²) in [5.41, 5.74) is 5.68. The number of aromatic nitrogens is 1. The van der Waals surface area contributed by atoms with Crippen molar-refractivity contribution >= 4 is 41.9 Å². The standard InChI is InChI=1S/C23H21N3O3.H2S/c27-21(25-29)17-5-6-18-13-23(8-7-15(18)11-17)9-10-26(22(23)28)19-12-16-3-1-2-4-20(16)24-14-19;/h1-6,11-12,14,29H,7-10,13H2,(H,25,27);1H2/t23-;/m1./s1. The molecule has 0 saturated carbocycles. The number of benzene rings is 2. The molecule has 2 heterocycles. The first-order chi connectivity index (χ1) is 14.1. The highest BCUT2D eigenvalue weighted by Gasteiger charge is 2.48. The summed E-state index contributed by atoms with van der Waals surface area (Å²) in [6.07, 6.45) is 4.80. The molecule has 1 aromatic heterocycles. The number of nitrogens with zero attached hydrogens (tertiary/aromatic N) is 2. The summed E-state index contributed by atoms with van der Waals surface area (Å²) in [5.74, 6) is -0.350. The van der Waals surface area contributed by atoms with Crippen LogP contribution in [0.15, 0.2) is 54.7 Å². The molecule has 1 atom stereocenters. The molecule has 154 valence electrons. The minimum Gasteiger partial charge on any atom is -0.310 e. The number of hydrogen-bond donors (Lipinski definition) is 2. The summed E-state index contributed by atoms with van der Waals surface area (Å²) >= 11 is 0. The SMILES string of the molecule is O=C(NO)c1ccc2c(c1)CC[C@@]1(CCN(c3cnc4ccccc4c3)C1=O)C2.S. The number of fused-ring (bicyclic) bond motifs is 2. The first-order valence-electron chi connectivity index (χ1n) is 9.83. The molecular formula is C23H23N3O3S. The number of carbonyl (C=O) groups excluding carboxylic acids is 2. The minimum absolute atomic E-state index is 0. The highest BCUT2D eigenvalue weighted by molar-refractivity contribution is 7.59. The van der Waals surface area contributed by atoms with Crippen molar-refractivity contribution in [2.75, 3.05) is 11.4 Å². The van der Waals surface area contributed by atoms with Gasteiger partial charge in [0.15, 0.2) is 0 Å². The summed E-state index contributed by atoms with van der Waals surface area (Å²) in [6, 6.07) is 15.4. The van der Waals surface area contributed by atoms with Gasteiger partial charge in [-0.1, -0.05) is 24.3 Å². The highest BCUT2D eigenvalue weighted by Crippen LogP contribution is 2.45. The van der Waals surface area contributed by atoms with Gasteiger partial charge in [-0.05, 0) is 61.1 Å². The lowest BCUT2D eigenvalue weighted by Crippen LogP contribution is -2.38. The summed E-state index contributed by atoms with van der Waals surface area (Å²) in [6.45, 7) is 0.694. The van der Waals surface area contributed by atoms with Crippen molar-refractivity contribution in [1.29, 1.82) is 0 Å². The Labute approximate surface area is 181 Å². The maximum Gasteiger partial charge on any atom is 0.274 e. The number of amides is 2. The van der Waals surface area contributed by atoms with Crippen molar-refractivity contribution in [1.82, 2.24) is 10.5 Å². The van der Waals surface area contributed by atoms with Gasteiger partial charge < -0.3 is 4.90 Å². The molecule has 0 bridgehead atoms. The number of rotatable bonds is 2. The third-order valence-corrected chi connectivity index (χ3v) is 6.37. The van der Waals surface area contributed by atoms with Crippen molar-refractivity contribution in [3.8, 4) is 0 Å². The maximum absolute atomic E-state index is 13.5. The zero-order valence-electron chi connectivity index (χ0n) is 16.4. The second-order valence-electron chi connectivity index (χ2n) is 7.97. The summed E-state index contributed by atoms with van der Waals surface area (Å²) < 4.78 is 0. The highest BCUT2D eigenvalue weighted by atomic mass is 32.1. The molecule has 2 N–H and O–H groups in total. The van der Waals surface area contributed by atoms with Gasteiger partial charge in [0.2, 0.25) is 5.91 Å². The first-order valence-corrected chi connectivity index (χ1v) is 9.83. The zero-order valence-corrected chi connectivity index (χ0v) is 17.4. The van der Waals surface area contributed by atoms with Crippen molar-refractivity contribution < 1.29 is 14.8 Å². The van der Waals surface area contributed by atoms with Gasteiger partial charge in [-0.25, -0.2) is 5.48 Å². The van der Waals surface area contributed by atoms with Gasteiger partial charge in [0.05, 0.1) is 22.8 Å². The smallest absolute Gasteiger partial charge is 0.274 e. The summed E-state index contributed by atoms with van der Waals surface area (Å²) in [7, 11) is 0. The van der Waals surface area contributed by atoms with Gasteiger partial charge in [0, 0.05) is 17.5 Å². The lowest BCUT2D eigenvalue weighted by molar-refractivity contribution is -0.126. The van der Waals surface area contributed by atoms with Crippen molar-refractivity contribution in [3.63, 3.8) is 0 Å². The van der Waals surface area contributed by atoms with Crippen LogP contribution in [-0.2, 0) is 17.6 Å². The zero-order chi connectivity index (χ0) is 20.0. The lowest BCUT2D eigenvalue weighted by atomic mass is 9.70. The van der Waals surface area contributed by atoms with Crippen LogP contribution in [0.4, 0.5) is 5.69 Å². The Hall–Kier alpha value is -2.90. The molecule has 6 nitrogen and oxygen atoms in total. The second kappa shape index (κ2) is 7.74. The van der Waals surface area contributed by atoms with E-state index >= 15 is 0 Å². The van der Waals surface area contributed by atoms with Crippen LogP contribution in [0.2, 0.25) is 0 Å². The Morgan fingerprint density at radius 1 is 1.10 bits per heavy atom. The Balaban J connectivity index is 0.00000218. The molecule has 2 aromatic carbocycles. The molecule has 2 aliphatic rings. The Bertz CT molecular complexity index is 1150. The molecule has 1 fully saturated rings. The van der Waals surface area contributed by atoms with E-state index in [0.29, 0.717) is 18.5 Å². The summed E-state index contributed by atoms with van der Waals surface area (Å²) in [4.78, 5) is 31.5. The van der Waals surface area contributed by atoms with Gasteiger partial charge in [-0.2, -0.15) is 13.5 Å². The van der Waals surface area contributed by atoms with Crippen LogP contribution < -0.4 is 10.4 Å². The lowest BCUT2D eigenvalue weighted by Gasteiger charge is -2.33. The van der Waals surface area contributed by atoms with E-state index in [2.05, 4.69) is 4.98 Å². The number of carbonyl (C=O) groups is 2. The molecule has 0 unspecified atom stereocenters. The van der Waals surface area contributed by atoms with Crippen molar-refractivity contribution in [2.24, 2.45) is 5.41 Å². The fraction of sp³-hybridized carbons (Fsp3) is 0.261. The monoisotopic (exact) mass is 421 g/mol. The van der Waals surface area contributed by atoms with Crippen LogP contribution in [0, 0.1) is 5.41 Å². The number of nitrogens with one attached hydrogen (secondary N) is 1. The molecule has 2 amide bonds. The van der Waals surface area contributed by atoms with E-state index in [1.54, 1.807) is 17.7 Å². The normalized spacial score (nSPS) is 20.2. The van der Waals surface area contributed by atoms with Crippen LogP contribution >= 0.6 is 13.5 Å². The van der Waals surface area contributed by atoms with Crippen molar-refractivity contribution in [3.05, 3.63) is 71.4 Å². The van der Waals surface area contributed by atoms with Crippen LogP contribution in [0.1, 0.15) is 34.3 Å². The average Bonchev–Trinajstić information content (AvgIpc) is 3.08. The molecule has 3 aromatic rings. The molecule has 7 heteroatoms. The van der Waals surface area contributed by atoms with E-state index in [-0.39, 0.29) is 24.8 Å². The average molecular weight is 422 g/mol. The first kappa shape index (κ1) is 20.4. The number of hydrogen-bond acceptors (Lipinski definition) is 4. The molecule has 1 saturated heterocycles. The van der Waals surface area contributed by atoms with Crippen molar-refractivity contribution in [2.45, 2.75) is 25.7 Å². The second-order valence-corrected chi connectivity index (χ2v) is 7.97. The largest absolute Gasteiger partial charge is 0.310 e. The van der Waals surface area contributed by atoms with E-state index in [9.17, 15) is 9.59 Å². The predicted octanol–water partition coefficient (Wildman–Crippen LogP) is 3.38. The fourth-order valence-electron chi connectivity index (χ4n) is 4.73. The summed E-state index contributed by atoms with van der Waals surface area (Å²) in [5, 5.41) is 9.87. The Morgan fingerprint density at radius 2 is 1.93 bits per heavy atom. The Morgan fingerprint density at radius 3 is 2.77 bits per heavy atom. The molecule has 1 spiro atoms. The van der Waals surface area contributed by atoms with E-state index in [4.69, 9.17) is 5.21 Å². The number of anilines is 1. The quantitative estimate of drug-likeness (QED) is 0.491. The third-order valence-electron chi connectivity index (χ3n) is 6.37. The molecule has 1 aliphatic heterocycles. The fourth-order valence-corrected chi connectivity index (χ4v) is 4.73. The van der Waals surface area contributed by atoms with Gasteiger partial charge in [-0.3, -0.25) is 19.8 Å². The van der Waals surface area contributed by atoms with E-state index in [1.807, 2.05) is 47.4 Å². The predicted molar refractivity (Wildman–Crippen MR) is 119 cm³/mol. The molecule has 30 heavy (non-hydrogen) atoms. The van der Waals surface area contributed by atoms with Crippen LogP contribution in [0.5, 0.6) is 0 Å². The molecule has 1 aliphatic carbocycles. The van der Waals surface area contributed by atoms with Gasteiger partial charge >= 0.3 is 0 Å². The van der Waals surface area contributed by atoms with Crippen LogP contribution in [0.25, 0.3) is 10.9 Å². The number of aryl methyl sites for hydroxylation is 1. The third kappa shape index (κ3) is 3.24. The van der Waals surface area contributed by atoms with E-state index in [0.717, 1.165) is 47.0 Å². The minimum atomic E-state index is -0.514. The molecule has 5 rings (SSSR count).